The van der Waals surface area contributed by atoms with Crippen LogP contribution in [-0.4, -0.2) is 31.1 Å². The molecule has 3 heterocycles. The van der Waals surface area contributed by atoms with Crippen molar-refractivity contribution >= 4 is 40.0 Å². The Labute approximate surface area is 164 Å². The fourth-order valence-corrected chi connectivity index (χ4v) is 3.31. The molecule has 0 atom stereocenters. The van der Waals surface area contributed by atoms with E-state index in [2.05, 4.69) is 30.5 Å². The number of carbonyl (C=O) groups is 1. The number of benzene rings is 1. The molecule has 0 saturated carbocycles. The Morgan fingerprint density at radius 1 is 1.19 bits per heavy atom. The molecule has 4 aromatic rings. The van der Waals surface area contributed by atoms with E-state index in [0.29, 0.717) is 22.3 Å². The number of H-pyrrole nitrogens is 2. The summed E-state index contributed by atoms with van der Waals surface area (Å²) in [5.74, 6) is -0.156. The van der Waals surface area contributed by atoms with Crippen LogP contribution in [0.1, 0.15) is 11.4 Å². The molecule has 9 heteroatoms. The van der Waals surface area contributed by atoms with Gasteiger partial charge in [0.25, 0.3) is 0 Å². The molecule has 0 fully saturated rings. The van der Waals surface area contributed by atoms with E-state index in [1.807, 2.05) is 6.07 Å². The molecule has 0 spiro atoms. The molecule has 3 N–H and O–H groups in total. The van der Waals surface area contributed by atoms with Crippen molar-refractivity contribution in [2.45, 2.75) is 13.0 Å². The normalized spacial score (nSPS) is 11.0. The monoisotopic (exact) mass is 400 g/mol. The van der Waals surface area contributed by atoms with Gasteiger partial charge in [-0.1, -0.05) is 29.3 Å². The largest absolute Gasteiger partial charge is 0.355 e. The summed E-state index contributed by atoms with van der Waals surface area (Å²) in [6.45, 7) is 0.294. The predicted octanol–water partition coefficient (Wildman–Crippen LogP) is 3.51. The van der Waals surface area contributed by atoms with Gasteiger partial charge in [-0.15, -0.1) is 0 Å². The quantitative estimate of drug-likeness (QED) is 0.477. The predicted molar refractivity (Wildman–Crippen MR) is 103 cm³/mol. The van der Waals surface area contributed by atoms with Crippen molar-refractivity contribution in [3.8, 4) is 11.1 Å². The maximum absolute atomic E-state index is 12.3. The molecule has 0 aliphatic rings. The van der Waals surface area contributed by atoms with Crippen molar-refractivity contribution in [3.05, 3.63) is 64.6 Å². The Morgan fingerprint density at radius 3 is 2.81 bits per heavy atom. The van der Waals surface area contributed by atoms with Crippen LogP contribution in [0.2, 0.25) is 10.0 Å². The summed E-state index contributed by atoms with van der Waals surface area (Å²) in [5, 5.41) is 11.5. The molecule has 0 radical (unpaired) electrons. The van der Waals surface area contributed by atoms with Crippen molar-refractivity contribution in [3.63, 3.8) is 0 Å². The lowest BCUT2D eigenvalue weighted by Crippen LogP contribution is -2.25. The molecular formula is C18H14Cl2N6O. The van der Waals surface area contributed by atoms with E-state index in [4.69, 9.17) is 23.2 Å². The first-order valence-corrected chi connectivity index (χ1v) is 8.88. The van der Waals surface area contributed by atoms with Crippen molar-refractivity contribution < 1.29 is 4.79 Å². The van der Waals surface area contributed by atoms with Crippen molar-refractivity contribution in [1.82, 2.24) is 30.5 Å². The maximum atomic E-state index is 12.3. The number of fused-ring (bicyclic) bond motifs is 1. The van der Waals surface area contributed by atoms with Crippen LogP contribution < -0.4 is 5.32 Å². The highest BCUT2D eigenvalue weighted by molar-refractivity contribution is 6.45. The molecule has 0 aliphatic heterocycles. The van der Waals surface area contributed by atoms with Crippen molar-refractivity contribution in [1.29, 1.82) is 0 Å². The Bertz CT molecular complexity index is 1090. The SMILES string of the molecule is O=C(Cc1cnccn1)NCc1[nH]c2c(Cl)c(Cl)ccc2c1-c1cn[nH]c1. The number of amides is 1. The summed E-state index contributed by atoms with van der Waals surface area (Å²) in [6.07, 6.45) is 8.36. The lowest BCUT2D eigenvalue weighted by molar-refractivity contribution is -0.120. The van der Waals surface area contributed by atoms with E-state index >= 15 is 0 Å². The molecule has 0 aliphatic carbocycles. The minimum Gasteiger partial charge on any atom is -0.355 e. The molecular weight excluding hydrogens is 387 g/mol. The number of rotatable bonds is 5. The topological polar surface area (TPSA) is 99.3 Å². The first-order chi connectivity index (χ1) is 13.1. The van der Waals surface area contributed by atoms with E-state index in [9.17, 15) is 4.79 Å². The molecule has 1 amide bonds. The Kier molecular flexibility index (Phi) is 4.79. The average Bonchev–Trinajstić information content (AvgIpc) is 3.31. The molecule has 3 aromatic heterocycles. The van der Waals surface area contributed by atoms with Crippen molar-refractivity contribution in [2.75, 3.05) is 0 Å². The summed E-state index contributed by atoms with van der Waals surface area (Å²) in [7, 11) is 0. The standard InChI is InChI=1S/C18H14Cl2N6O/c19-13-2-1-12-16(10-6-24-25-7-10)14(26-18(12)17(13)20)9-23-15(27)5-11-8-21-3-4-22-11/h1-4,6-8,26H,5,9H2,(H,23,27)(H,24,25). The van der Waals surface area contributed by atoms with Gasteiger partial charge in [0, 0.05) is 47.0 Å². The second-order valence-electron chi connectivity index (χ2n) is 5.90. The molecule has 27 heavy (non-hydrogen) atoms. The van der Waals surface area contributed by atoms with Gasteiger partial charge >= 0.3 is 0 Å². The minimum atomic E-state index is -0.156. The fraction of sp³-hybridized carbons (Fsp3) is 0.111. The van der Waals surface area contributed by atoms with Crippen LogP contribution in [0.3, 0.4) is 0 Å². The number of hydrogen-bond acceptors (Lipinski definition) is 4. The highest BCUT2D eigenvalue weighted by Crippen LogP contribution is 2.38. The Hall–Kier alpha value is -2.90. The van der Waals surface area contributed by atoms with Crippen LogP contribution in [0.25, 0.3) is 22.0 Å². The number of carbonyl (C=O) groups excluding carboxylic acids is 1. The van der Waals surface area contributed by atoms with Gasteiger partial charge in [0.1, 0.15) is 0 Å². The summed E-state index contributed by atoms with van der Waals surface area (Å²) >= 11 is 12.5. The first kappa shape index (κ1) is 17.5. The maximum Gasteiger partial charge on any atom is 0.226 e. The number of halogens is 2. The van der Waals surface area contributed by atoms with Gasteiger partial charge in [-0.25, -0.2) is 0 Å². The number of aromatic nitrogens is 5. The second kappa shape index (κ2) is 7.38. The van der Waals surface area contributed by atoms with Gasteiger partial charge in [0.05, 0.1) is 40.4 Å². The van der Waals surface area contributed by atoms with Crippen LogP contribution in [0.4, 0.5) is 0 Å². The van der Waals surface area contributed by atoms with E-state index in [1.165, 1.54) is 0 Å². The number of nitrogens with one attached hydrogen (secondary N) is 3. The number of aromatic amines is 2. The zero-order chi connectivity index (χ0) is 18.8. The van der Waals surface area contributed by atoms with E-state index < -0.39 is 0 Å². The molecule has 1 aromatic carbocycles. The average molecular weight is 401 g/mol. The third-order valence-corrected chi connectivity index (χ3v) is 4.95. The molecule has 7 nitrogen and oxygen atoms in total. The van der Waals surface area contributed by atoms with Gasteiger partial charge in [0.15, 0.2) is 0 Å². The van der Waals surface area contributed by atoms with Crippen LogP contribution in [0.15, 0.2) is 43.1 Å². The fourth-order valence-electron chi connectivity index (χ4n) is 2.94. The van der Waals surface area contributed by atoms with Crippen LogP contribution in [-0.2, 0) is 17.8 Å². The zero-order valence-electron chi connectivity index (χ0n) is 14.0. The summed E-state index contributed by atoms with van der Waals surface area (Å²) in [5.41, 5.74) is 3.94. The Balaban J connectivity index is 1.64. The lowest BCUT2D eigenvalue weighted by Gasteiger charge is -2.06. The molecule has 0 unspecified atom stereocenters. The number of nitrogens with zero attached hydrogens (tertiary/aromatic N) is 3. The molecule has 0 saturated heterocycles. The smallest absolute Gasteiger partial charge is 0.226 e. The number of hydrogen-bond donors (Lipinski definition) is 3. The van der Waals surface area contributed by atoms with Gasteiger partial charge in [-0.05, 0) is 6.07 Å². The Morgan fingerprint density at radius 2 is 2.07 bits per heavy atom. The third kappa shape index (κ3) is 3.51. The first-order valence-electron chi connectivity index (χ1n) is 8.13. The third-order valence-electron chi connectivity index (χ3n) is 4.15. The van der Waals surface area contributed by atoms with E-state index in [-0.39, 0.29) is 12.3 Å². The molecule has 136 valence electrons. The molecule has 0 bridgehead atoms. The van der Waals surface area contributed by atoms with Gasteiger partial charge in [-0.2, -0.15) is 5.10 Å². The van der Waals surface area contributed by atoms with Crippen LogP contribution in [0.5, 0.6) is 0 Å². The van der Waals surface area contributed by atoms with Crippen LogP contribution >= 0.6 is 23.2 Å². The minimum absolute atomic E-state index is 0.154. The van der Waals surface area contributed by atoms with Crippen LogP contribution in [0, 0.1) is 0 Å². The highest BCUT2D eigenvalue weighted by Gasteiger charge is 2.18. The van der Waals surface area contributed by atoms with E-state index in [1.54, 1.807) is 37.1 Å². The van der Waals surface area contributed by atoms with Gasteiger partial charge in [-0.3, -0.25) is 19.9 Å². The summed E-state index contributed by atoms with van der Waals surface area (Å²) in [4.78, 5) is 23.6. The molecule has 4 rings (SSSR count). The van der Waals surface area contributed by atoms with Gasteiger partial charge in [0.2, 0.25) is 5.91 Å². The van der Waals surface area contributed by atoms with Crippen molar-refractivity contribution in [2.24, 2.45) is 0 Å². The second-order valence-corrected chi connectivity index (χ2v) is 6.68. The van der Waals surface area contributed by atoms with E-state index in [0.717, 1.165) is 27.7 Å². The van der Waals surface area contributed by atoms with Gasteiger partial charge < -0.3 is 10.3 Å². The lowest BCUT2D eigenvalue weighted by atomic mass is 10.1. The zero-order valence-corrected chi connectivity index (χ0v) is 15.5. The highest BCUT2D eigenvalue weighted by atomic mass is 35.5. The summed E-state index contributed by atoms with van der Waals surface area (Å²) in [6, 6.07) is 3.65. The summed E-state index contributed by atoms with van der Waals surface area (Å²) < 4.78 is 0.